The Kier molecular flexibility index (Phi) is 2.29. The van der Waals surface area contributed by atoms with E-state index >= 15 is 0 Å². The van der Waals surface area contributed by atoms with Gasteiger partial charge >= 0.3 is 0 Å². The Morgan fingerprint density at radius 2 is 2.25 bits per heavy atom. The molecule has 3 nitrogen and oxygen atoms in total. The maximum atomic E-state index is 5.18. The normalized spacial score (nSPS) is 15.0. The summed E-state index contributed by atoms with van der Waals surface area (Å²) in [7, 11) is 0. The molecule has 1 N–H and O–H groups in total. The molecule has 1 fully saturated rings. The molecule has 0 atom stereocenters. The Morgan fingerprint density at radius 3 is 2.94 bits per heavy atom. The minimum atomic E-state index is 0.582. The lowest BCUT2D eigenvalue weighted by atomic mass is 10.2. The molecule has 0 amide bonds. The van der Waals surface area contributed by atoms with Crippen molar-refractivity contribution >= 4 is 12.2 Å². The Balaban J connectivity index is 2.10. The van der Waals surface area contributed by atoms with Crippen molar-refractivity contribution in [3.05, 3.63) is 41.1 Å². The number of H-pyrrole nitrogens is 1. The van der Waals surface area contributed by atoms with Crippen LogP contribution in [-0.2, 0) is 0 Å². The monoisotopic (exact) mass is 229 g/mol. The second-order valence-corrected chi connectivity index (χ2v) is 4.45. The van der Waals surface area contributed by atoms with Crippen LogP contribution in [0.2, 0.25) is 0 Å². The molecule has 80 valence electrons. The molecule has 2 heterocycles. The summed E-state index contributed by atoms with van der Waals surface area (Å²) in [5.41, 5.74) is 2.06. The predicted molar refractivity (Wildman–Crippen MR) is 64.6 cm³/mol. The summed E-state index contributed by atoms with van der Waals surface area (Å²) < 4.78 is 0.652. The molecule has 1 aliphatic carbocycles. The molecular formula is C12H11N3S. The molecule has 0 spiro atoms. The minimum Gasteiger partial charge on any atom is -0.343 e. The highest BCUT2D eigenvalue weighted by molar-refractivity contribution is 7.71. The zero-order valence-electron chi connectivity index (χ0n) is 8.68. The van der Waals surface area contributed by atoms with Crippen LogP contribution in [0.5, 0.6) is 0 Å². The first-order valence-corrected chi connectivity index (χ1v) is 5.75. The number of aromatic nitrogens is 3. The van der Waals surface area contributed by atoms with Crippen molar-refractivity contribution in [1.82, 2.24) is 15.0 Å². The van der Waals surface area contributed by atoms with E-state index in [1.807, 2.05) is 24.4 Å². The van der Waals surface area contributed by atoms with Gasteiger partial charge in [-0.1, -0.05) is 12.2 Å². The van der Waals surface area contributed by atoms with E-state index in [1.165, 1.54) is 12.8 Å². The molecule has 2 aromatic heterocycles. The Morgan fingerprint density at radius 1 is 1.38 bits per heavy atom. The van der Waals surface area contributed by atoms with Crippen molar-refractivity contribution in [2.24, 2.45) is 0 Å². The van der Waals surface area contributed by atoms with Crippen LogP contribution >= 0.6 is 12.2 Å². The van der Waals surface area contributed by atoms with Crippen LogP contribution in [0.15, 0.2) is 30.6 Å². The molecular weight excluding hydrogens is 218 g/mol. The van der Waals surface area contributed by atoms with Gasteiger partial charge in [-0.25, -0.2) is 4.98 Å². The number of rotatable bonds is 2. The third-order valence-corrected chi connectivity index (χ3v) is 2.91. The lowest BCUT2D eigenvalue weighted by molar-refractivity contribution is 0.923. The molecule has 4 heteroatoms. The summed E-state index contributed by atoms with van der Waals surface area (Å²) in [6, 6.07) is 5.83. The number of nitrogens with zero attached hydrogens (tertiary/aromatic N) is 2. The summed E-state index contributed by atoms with van der Waals surface area (Å²) in [6.45, 7) is 0. The van der Waals surface area contributed by atoms with Gasteiger partial charge in [-0.3, -0.25) is 4.98 Å². The van der Waals surface area contributed by atoms with Crippen LogP contribution in [0.1, 0.15) is 24.6 Å². The van der Waals surface area contributed by atoms with Gasteiger partial charge in [0.15, 0.2) is 0 Å². The first-order valence-electron chi connectivity index (χ1n) is 5.34. The lowest BCUT2D eigenvalue weighted by Gasteiger charge is -2.04. The molecule has 0 aliphatic heterocycles. The number of aromatic amines is 1. The fourth-order valence-electron chi connectivity index (χ4n) is 1.70. The van der Waals surface area contributed by atoms with Crippen LogP contribution in [0.25, 0.3) is 11.3 Å². The van der Waals surface area contributed by atoms with E-state index in [1.54, 1.807) is 6.20 Å². The minimum absolute atomic E-state index is 0.582. The second-order valence-electron chi connectivity index (χ2n) is 4.03. The van der Waals surface area contributed by atoms with Crippen LogP contribution in [0.4, 0.5) is 0 Å². The standard InChI is InChI=1S/C12H11N3S/c16-11-6-10(9-2-1-5-13-7-9)14-12(15-11)8-3-4-8/h1-2,5-8H,3-4H2,(H,14,15,16). The topological polar surface area (TPSA) is 41.6 Å². The molecule has 0 saturated heterocycles. The average Bonchev–Trinajstić information content (AvgIpc) is 3.13. The predicted octanol–water partition coefficient (Wildman–Crippen LogP) is 3.08. The highest BCUT2D eigenvalue weighted by Gasteiger charge is 2.26. The van der Waals surface area contributed by atoms with Gasteiger partial charge in [-0.15, -0.1) is 0 Å². The first kappa shape index (κ1) is 9.66. The summed E-state index contributed by atoms with van der Waals surface area (Å²) in [4.78, 5) is 11.8. The van der Waals surface area contributed by atoms with Gasteiger partial charge in [-0.2, -0.15) is 0 Å². The zero-order chi connectivity index (χ0) is 11.0. The van der Waals surface area contributed by atoms with Gasteiger partial charge in [0.2, 0.25) is 0 Å². The van der Waals surface area contributed by atoms with Crippen molar-refractivity contribution in [2.75, 3.05) is 0 Å². The van der Waals surface area contributed by atoms with Crippen LogP contribution in [0, 0.1) is 4.64 Å². The van der Waals surface area contributed by atoms with Gasteiger partial charge in [0, 0.05) is 23.9 Å². The summed E-state index contributed by atoms with van der Waals surface area (Å²) in [5.74, 6) is 1.60. The largest absolute Gasteiger partial charge is 0.343 e. The summed E-state index contributed by atoms with van der Waals surface area (Å²) >= 11 is 5.18. The molecule has 0 unspecified atom stereocenters. The zero-order valence-corrected chi connectivity index (χ0v) is 9.50. The number of hydrogen-bond donors (Lipinski definition) is 1. The maximum Gasteiger partial charge on any atom is 0.130 e. The van der Waals surface area contributed by atoms with Crippen LogP contribution in [-0.4, -0.2) is 15.0 Å². The van der Waals surface area contributed by atoms with E-state index in [4.69, 9.17) is 12.2 Å². The van der Waals surface area contributed by atoms with Crippen molar-refractivity contribution in [1.29, 1.82) is 0 Å². The molecule has 2 aromatic rings. The van der Waals surface area contributed by atoms with Crippen molar-refractivity contribution in [3.8, 4) is 11.3 Å². The third kappa shape index (κ3) is 1.88. The fourth-order valence-corrected chi connectivity index (χ4v) is 1.92. The van der Waals surface area contributed by atoms with Crippen molar-refractivity contribution < 1.29 is 0 Å². The smallest absolute Gasteiger partial charge is 0.130 e. The van der Waals surface area contributed by atoms with E-state index in [9.17, 15) is 0 Å². The van der Waals surface area contributed by atoms with E-state index in [0.717, 1.165) is 17.1 Å². The van der Waals surface area contributed by atoms with Gasteiger partial charge in [0.05, 0.1) is 5.69 Å². The quantitative estimate of drug-likeness (QED) is 0.805. The number of pyridine rings is 1. The maximum absolute atomic E-state index is 5.18. The molecule has 1 saturated carbocycles. The Labute approximate surface area is 98.6 Å². The van der Waals surface area contributed by atoms with Gasteiger partial charge in [0.1, 0.15) is 10.5 Å². The van der Waals surface area contributed by atoms with Gasteiger partial charge in [0.25, 0.3) is 0 Å². The van der Waals surface area contributed by atoms with Gasteiger partial charge in [-0.05, 0) is 31.0 Å². The first-order chi connectivity index (χ1) is 7.83. The Bertz CT molecular complexity index is 558. The lowest BCUT2D eigenvalue weighted by Crippen LogP contribution is -1.95. The summed E-state index contributed by atoms with van der Waals surface area (Å²) in [6.07, 6.45) is 6.03. The highest BCUT2D eigenvalue weighted by Crippen LogP contribution is 2.38. The van der Waals surface area contributed by atoms with E-state index in [0.29, 0.717) is 10.6 Å². The molecule has 0 radical (unpaired) electrons. The SMILES string of the molecule is S=c1cc(-c2cccnc2)[nH]c(C2CC2)n1. The molecule has 0 bridgehead atoms. The molecule has 16 heavy (non-hydrogen) atoms. The number of nitrogens with one attached hydrogen (secondary N) is 1. The molecule has 0 aromatic carbocycles. The van der Waals surface area contributed by atoms with E-state index < -0.39 is 0 Å². The average molecular weight is 229 g/mol. The van der Waals surface area contributed by atoms with Crippen LogP contribution < -0.4 is 0 Å². The van der Waals surface area contributed by atoms with Crippen molar-refractivity contribution in [3.63, 3.8) is 0 Å². The highest BCUT2D eigenvalue weighted by atomic mass is 32.1. The molecule has 1 aliphatic rings. The fraction of sp³-hybridized carbons (Fsp3) is 0.250. The van der Waals surface area contributed by atoms with Gasteiger partial charge < -0.3 is 4.98 Å². The second kappa shape index (κ2) is 3.79. The van der Waals surface area contributed by atoms with Crippen molar-refractivity contribution in [2.45, 2.75) is 18.8 Å². The molecule has 3 rings (SSSR count). The third-order valence-electron chi connectivity index (χ3n) is 2.70. The Hall–Kier alpha value is -1.55. The number of hydrogen-bond acceptors (Lipinski definition) is 3. The van der Waals surface area contributed by atoms with E-state index in [2.05, 4.69) is 15.0 Å². The van der Waals surface area contributed by atoms with Crippen LogP contribution in [0.3, 0.4) is 0 Å². The van der Waals surface area contributed by atoms with E-state index in [-0.39, 0.29) is 0 Å². The summed E-state index contributed by atoms with van der Waals surface area (Å²) in [5, 5.41) is 0.